The van der Waals surface area contributed by atoms with E-state index in [2.05, 4.69) is 36.3 Å². The lowest BCUT2D eigenvalue weighted by Crippen LogP contribution is -1.99. The van der Waals surface area contributed by atoms with Crippen molar-refractivity contribution >= 4 is 0 Å². The van der Waals surface area contributed by atoms with E-state index in [0.29, 0.717) is 6.61 Å². The molecule has 0 N–H and O–H groups in total. The first-order valence-electron chi connectivity index (χ1n) is 7.00. The van der Waals surface area contributed by atoms with Crippen molar-refractivity contribution in [3.8, 4) is 17.0 Å². The fraction of sp³-hybridized carbons (Fsp3) is 0.167. The van der Waals surface area contributed by atoms with Crippen molar-refractivity contribution < 1.29 is 4.74 Å². The van der Waals surface area contributed by atoms with Gasteiger partial charge < -0.3 is 4.74 Å². The van der Waals surface area contributed by atoms with Crippen LogP contribution in [-0.4, -0.2) is 9.78 Å². The van der Waals surface area contributed by atoms with Gasteiger partial charge in [-0.1, -0.05) is 54.6 Å². The molecule has 106 valence electrons. The zero-order valence-corrected chi connectivity index (χ0v) is 12.3. The van der Waals surface area contributed by atoms with Crippen molar-refractivity contribution in [1.82, 2.24) is 9.78 Å². The molecule has 0 bridgehead atoms. The Balaban J connectivity index is 1.89. The minimum Gasteiger partial charge on any atom is -0.485 e. The smallest absolute Gasteiger partial charge is 0.165 e. The topological polar surface area (TPSA) is 27.1 Å². The molecule has 1 heterocycles. The maximum atomic E-state index is 5.97. The maximum absolute atomic E-state index is 5.97. The molecule has 0 unspecified atom stereocenters. The summed E-state index contributed by atoms with van der Waals surface area (Å²) in [7, 11) is 1.94. The second-order valence-corrected chi connectivity index (χ2v) is 5.07. The molecule has 0 saturated carbocycles. The van der Waals surface area contributed by atoms with Crippen molar-refractivity contribution in [3.05, 3.63) is 71.9 Å². The maximum Gasteiger partial charge on any atom is 0.165 e. The Bertz CT molecular complexity index is 732. The van der Waals surface area contributed by atoms with Gasteiger partial charge in [0.05, 0.1) is 6.20 Å². The van der Waals surface area contributed by atoms with Crippen molar-refractivity contribution in [2.24, 2.45) is 7.05 Å². The molecule has 0 atom stereocenters. The Hall–Kier alpha value is -2.55. The average Bonchev–Trinajstić information content (AvgIpc) is 2.88. The van der Waals surface area contributed by atoms with Gasteiger partial charge in [-0.05, 0) is 18.1 Å². The van der Waals surface area contributed by atoms with Crippen LogP contribution in [0.3, 0.4) is 0 Å². The molecule has 0 aliphatic carbocycles. The molecule has 0 amide bonds. The number of hydrogen-bond acceptors (Lipinski definition) is 2. The fourth-order valence-electron chi connectivity index (χ4n) is 2.40. The quantitative estimate of drug-likeness (QED) is 0.722. The molecule has 0 saturated heterocycles. The SMILES string of the molecule is Cc1ccccc1-c1c(OCc2ccccc2)cnn1C. The zero-order chi connectivity index (χ0) is 14.7. The van der Waals surface area contributed by atoms with Crippen LogP contribution in [0.4, 0.5) is 0 Å². The molecule has 2 aromatic carbocycles. The van der Waals surface area contributed by atoms with Gasteiger partial charge in [0.15, 0.2) is 5.75 Å². The summed E-state index contributed by atoms with van der Waals surface area (Å²) in [5.41, 5.74) is 4.53. The van der Waals surface area contributed by atoms with E-state index < -0.39 is 0 Å². The van der Waals surface area contributed by atoms with E-state index in [1.54, 1.807) is 6.20 Å². The van der Waals surface area contributed by atoms with Crippen LogP contribution >= 0.6 is 0 Å². The Morgan fingerprint density at radius 1 is 1.00 bits per heavy atom. The summed E-state index contributed by atoms with van der Waals surface area (Å²) in [6, 6.07) is 18.4. The van der Waals surface area contributed by atoms with Gasteiger partial charge in [-0.15, -0.1) is 0 Å². The molecule has 3 rings (SSSR count). The zero-order valence-electron chi connectivity index (χ0n) is 12.3. The highest BCUT2D eigenvalue weighted by molar-refractivity contribution is 5.69. The van der Waals surface area contributed by atoms with Crippen LogP contribution in [0.5, 0.6) is 5.75 Å². The second kappa shape index (κ2) is 5.83. The molecule has 0 aliphatic heterocycles. The van der Waals surface area contributed by atoms with Gasteiger partial charge in [0, 0.05) is 12.6 Å². The molecule has 3 heteroatoms. The molecule has 3 aromatic rings. The van der Waals surface area contributed by atoms with Crippen LogP contribution in [0.25, 0.3) is 11.3 Å². The summed E-state index contributed by atoms with van der Waals surface area (Å²) >= 11 is 0. The normalized spacial score (nSPS) is 10.6. The molecule has 0 spiro atoms. The number of rotatable bonds is 4. The van der Waals surface area contributed by atoms with Crippen molar-refractivity contribution in [2.75, 3.05) is 0 Å². The van der Waals surface area contributed by atoms with Gasteiger partial charge >= 0.3 is 0 Å². The number of nitrogens with zero attached hydrogens (tertiary/aromatic N) is 2. The summed E-state index contributed by atoms with van der Waals surface area (Å²) in [5.74, 6) is 0.815. The van der Waals surface area contributed by atoms with Crippen molar-refractivity contribution in [2.45, 2.75) is 13.5 Å². The summed E-state index contributed by atoms with van der Waals surface area (Å²) in [5, 5.41) is 4.34. The predicted molar refractivity (Wildman–Crippen MR) is 84.2 cm³/mol. The number of aromatic nitrogens is 2. The predicted octanol–water partition coefficient (Wildman–Crippen LogP) is 3.97. The minimum absolute atomic E-state index is 0.547. The number of aryl methyl sites for hydroxylation is 2. The number of ether oxygens (including phenoxy) is 1. The lowest BCUT2D eigenvalue weighted by Gasteiger charge is -2.10. The van der Waals surface area contributed by atoms with Crippen molar-refractivity contribution in [1.29, 1.82) is 0 Å². The van der Waals surface area contributed by atoms with Gasteiger partial charge in [0.2, 0.25) is 0 Å². The first-order valence-corrected chi connectivity index (χ1v) is 7.00. The van der Waals surface area contributed by atoms with Gasteiger partial charge in [-0.2, -0.15) is 5.10 Å². The van der Waals surface area contributed by atoms with Crippen LogP contribution in [0.2, 0.25) is 0 Å². The third-order valence-corrected chi connectivity index (χ3v) is 3.54. The highest BCUT2D eigenvalue weighted by atomic mass is 16.5. The first-order chi connectivity index (χ1) is 10.3. The first kappa shape index (κ1) is 13.4. The molecule has 3 nitrogen and oxygen atoms in total. The Kier molecular flexibility index (Phi) is 3.73. The lowest BCUT2D eigenvalue weighted by molar-refractivity contribution is 0.307. The Labute approximate surface area is 124 Å². The van der Waals surface area contributed by atoms with E-state index in [9.17, 15) is 0 Å². The molecular weight excluding hydrogens is 260 g/mol. The highest BCUT2D eigenvalue weighted by Crippen LogP contribution is 2.31. The summed E-state index contributed by atoms with van der Waals surface area (Å²) in [4.78, 5) is 0. The molecule has 0 fully saturated rings. The van der Waals surface area contributed by atoms with Crippen LogP contribution < -0.4 is 4.74 Å². The third kappa shape index (κ3) is 2.82. The van der Waals surface area contributed by atoms with E-state index in [0.717, 1.165) is 22.6 Å². The lowest BCUT2D eigenvalue weighted by atomic mass is 10.1. The standard InChI is InChI=1S/C18H18N2O/c1-14-8-6-7-11-16(14)18-17(12-19-20(18)2)21-13-15-9-4-3-5-10-15/h3-12H,13H2,1-2H3. The summed E-state index contributed by atoms with van der Waals surface area (Å²) in [6.07, 6.45) is 1.78. The molecular formula is C18H18N2O. The summed E-state index contributed by atoms with van der Waals surface area (Å²) < 4.78 is 7.83. The number of hydrogen-bond donors (Lipinski definition) is 0. The van der Waals surface area contributed by atoms with Gasteiger partial charge in [-0.25, -0.2) is 0 Å². The average molecular weight is 278 g/mol. The third-order valence-electron chi connectivity index (χ3n) is 3.54. The van der Waals surface area contributed by atoms with Crippen molar-refractivity contribution in [3.63, 3.8) is 0 Å². The Morgan fingerprint density at radius 2 is 1.71 bits per heavy atom. The Morgan fingerprint density at radius 3 is 2.48 bits per heavy atom. The van der Waals surface area contributed by atoms with E-state index >= 15 is 0 Å². The van der Waals surface area contributed by atoms with Crippen LogP contribution in [0, 0.1) is 6.92 Å². The molecule has 0 aliphatic rings. The van der Waals surface area contributed by atoms with E-state index in [1.165, 1.54) is 5.56 Å². The van der Waals surface area contributed by atoms with E-state index in [1.807, 2.05) is 42.1 Å². The van der Waals surface area contributed by atoms with Gasteiger partial charge in [-0.3, -0.25) is 4.68 Å². The van der Waals surface area contributed by atoms with Crippen LogP contribution in [0.1, 0.15) is 11.1 Å². The number of benzene rings is 2. The molecule has 21 heavy (non-hydrogen) atoms. The van der Waals surface area contributed by atoms with Gasteiger partial charge in [0.25, 0.3) is 0 Å². The van der Waals surface area contributed by atoms with Crippen LogP contribution in [-0.2, 0) is 13.7 Å². The monoisotopic (exact) mass is 278 g/mol. The minimum atomic E-state index is 0.547. The highest BCUT2D eigenvalue weighted by Gasteiger charge is 2.14. The second-order valence-electron chi connectivity index (χ2n) is 5.07. The van der Waals surface area contributed by atoms with E-state index in [4.69, 9.17) is 4.74 Å². The van der Waals surface area contributed by atoms with Gasteiger partial charge in [0.1, 0.15) is 12.3 Å². The molecule has 1 aromatic heterocycles. The van der Waals surface area contributed by atoms with Crippen LogP contribution in [0.15, 0.2) is 60.8 Å². The van der Waals surface area contributed by atoms with E-state index in [-0.39, 0.29) is 0 Å². The fourth-order valence-corrected chi connectivity index (χ4v) is 2.40. The summed E-state index contributed by atoms with van der Waals surface area (Å²) in [6.45, 7) is 2.65. The largest absolute Gasteiger partial charge is 0.485 e. The molecule has 0 radical (unpaired) electrons.